The second-order valence-electron chi connectivity index (χ2n) is 5.07. The maximum absolute atomic E-state index is 12.5. The predicted molar refractivity (Wildman–Crippen MR) is 90.1 cm³/mol. The molecule has 3 nitrogen and oxygen atoms in total. The number of aryl methyl sites for hydroxylation is 2. The zero-order valence-corrected chi connectivity index (χ0v) is 12.8. The van der Waals surface area contributed by atoms with Crippen molar-refractivity contribution in [2.75, 3.05) is 11.1 Å². The minimum absolute atomic E-state index is 0.151. The van der Waals surface area contributed by atoms with Gasteiger partial charge in [0, 0.05) is 15.8 Å². The number of fused-ring (bicyclic) bond motifs is 1. The quantitative estimate of drug-likeness (QED) is 0.738. The van der Waals surface area contributed by atoms with E-state index in [-0.39, 0.29) is 5.91 Å². The van der Waals surface area contributed by atoms with Crippen molar-refractivity contribution in [3.8, 4) is 0 Å². The van der Waals surface area contributed by atoms with Crippen molar-refractivity contribution < 1.29 is 4.79 Å². The van der Waals surface area contributed by atoms with E-state index < -0.39 is 0 Å². The molecule has 0 aliphatic heterocycles. The molecular weight excluding hydrogens is 280 g/mol. The Morgan fingerprint density at radius 3 is 2.48 bits per heavy atom. The number of nitrogen functional groups attached to an aromatic ring is 1. The van der Waals surface area contributed by atoms with Crippen LogP contribution in [0.2, 0.25) is 0 Å². The van der Waals surface area contributed by atoms with Crippen LogP contribution in [0.15, 0.2) is 42.5 Å². The number of nitrogens with one attached hydrogen (secondary N) is 1. The molecule has 0 saturated heterocycles. The highest BCUT2D eigenvalue weighted by molar-refractivity contribution is 7.21. The zero-order valence-electron chi connectivity index (χ0n) is 11.9. The van der Waals surface area contributed by atoms with E-state index in [0.717, 1.165) is 26.9 Å². The van der Waals surface area contributed by atoms with E-state index >= 15 is 0 Å². The molecule has 0 unspecified atom stereocenters. The molecule has 0 bridgehead atoms. The van der Waals surface area contributed by atoms with Crippen molar-refractivity contribution in [2.45, 2.75) is 13.8 Å². The van der Waals surface area contributed by atoms with Gasteiger partial charge in [0.05, 0.1) is 5.69 Å². The Labute approximate surface area is 127 Å². The maximum atomic E-state index is 12.5. The van der Waals surface area contributed by atoms with E-state index in [4.69, 9.17) is 5.73 Å². The maximum Gasteiger partial charge on any atom is 0.267 e. The van der Waals surface area contributed by atoms with Crippen LogP contribution in [0.1, 0.15) is 20.8 Å². The van der Waals surface area contributed by atoms with Gasteiger partial charge in [0.15, 0.2) is 0 Å². The fourth-order valence-corrected chi connectivity index (χ4v) is 3.43. The largest absolute Gasteiger partial charge is 0.397 e. The molecule has 0 radical (unpaired) electrons. The number of benzene rings is 2. The van der Waals surface area contributed by atoms with Gasteiger partial charge in [-0.15, -0.1) is 11.3 Å². The highest BCUT2D eigenvalue weighted by Crippen LogP contribution is 2.36. The van der Waals surface area contributed by atoms with Gasteiger partial charge in [-0.3, -0.25) is 4.79 Å². The Kier molecular flexibility index (Phi) is 3.39. The van der Waals surface area contributed by atoms with Crippen LogP contribution >= 0.6 is 11.3 Å². The molecule has 21 heavy (non-hydrogen) atoms. The van der Waals surface area contributed by atoms with Gasteiger partial charge in [-0.25, -0.2) is 0 Å². The fourth-order valence-electron chi connectivity index (χ4n) is 2.34. The molecule has 1 heterocycles. The number of rotatable bonds is 2. The fraction of sp³-hybridized carbons (Fsp3) is 0.118. The van der Waals surface area contributed by atoms with Crippen LogP contribution in [0.25, 0.3) is 10.1 Å². The number of hydrogen-bond acceptors (Lipinski definition) is 3. The first-order valence-corrected chi connectivity index (χ1v) is 7.54. The zero-order chi connectivity index (χ0) is 15.0. The van der Waals surface area contributed by atoms with Crippen molar-refractivity contribution in [1.29, 1.82) is 0 Å². The molecule has 3 rings (SSSR count). The van der Waals surface area contributed by atoms with Gasteiger partial charge in [-0.1, -0.05) is 36.4 Å². The summed E-state index contributed by atoms with van der Waals surface area (Å²) in [6.45, 7) is 4.00. The van der Waals surface area contributed by atoms with Crippen LogP contribution in [0.3, 0.4) is 0 Å². The summed E-state index contributed by atoms with van der Waals surface area (Å²) in [5, 5.41) is 3.89. The van der Waals surface area contributed by atoms with E-state index in [9.17, 15) is 4.79 Å². The van der Waals surface area contributed by atoms with E-state index in [1.165, 1.54) is 11.3 Å². The summed E-state index contributed by atoms with van der Waals surface area (Å²) in [4.78, 5) is 13.1. The molecule has 4 heteroatoms. The second kappa shape index (κ2) is 5.22. The Morgan fingerprint density at radius 2 is 1.76 bits per heavy atom. The smallest absolute Gasteiger partial charge is 0.267 e. The lowest BCUT2D eigenvalue weighted by atomic mass is 10.1. The summed E-state index contributed by atoms with van der Waals surface area (Å²) in [7, 11) is 0. The molecule has 3 N–H and O–H groups in total. The molecule has 1 amide bonds. The van der Waals surface area contributed by atoms with Crippen LogP contribution in [0.5, 0.6) is 0 Å². The molecule has 0 saturated carbocycles. The van der Waals surface area contributed by atoms with E-state index in [0.29, 0.717) is 10.6 Å². The van der Waals surface area contributed by atoms with Crippen LogP contribution < -0.4 is 11.1 Å². The summed E-state index contributed by atoms with van der Waals surface area (Å²) in [6.07, 6.45) is 0. The van der Waals surface area contributed by atoms with Crippen LogP contribution in [-0.4, -0.2) is 5.91 Å². The molecule has 3 aromatic rings. The lowest BCUT2D eigenvalue weighted by molar-refractivity contribution is 0.103. The van der Waals surface area contributed by atoms with Gasteiger partial charge in [-0.05, 0) is 31.0 Å². The average Bonchev–Trinajstić information content (AvgIpc) is 2.81. The van der Waals surface area contributed by atoms with Crippen molar-refractivity contribution in [1.82, 2.24) is 0 Å². The number of amides is 1. The van der Waals surface area contributed by atoms with E-state index in [2.05, 4.69) is 5.32 Å². The van der Waals surface area contributed by atoms with Gasteiger partial charge < -0.3 is 11.1 Å². The number of carbonyl (C=O) groups excluding carboxylic acids is 1. The summed E-state index contributed by atoms with van der Waals surface area (Å²) in [5.74, 6) is -0.151. The first-order valence-electron chi connectivity index (χ1n) is 6.72. The average molecular weight is 296 g/mol. The minimum Gasteiger partial charge on any atom is -0.397 e. The Hall–Kier alpha value is -2.33. The Bertz CT molecular complexity index is 836. The van der Waals surface area contributed by atoms with Crippen molar-refractivity contribution in [2.24, 2.45) is 0 Å². The van der Waals surface area contributed by atoms with E-state index in [1.807, 2.05) is 56.3 Å². The summed E-state index contributed by atoms with van der Waals surface area (Å²) < 4.78 is 1.07. The molecule has 0 aliphatic carbocycles. The number of para-hydroxylation sites is 1. The summed E-state index contributed by atoms with van der Waals surface area (Å²) in [5.41, 5.74) is 9.69. The van der Waals surface area contributed by atoms with Crippen LogP contribution in [0.4, 0.5) is 11.4 Å². The third-order valence-corrected chi connectivity index (χ3v) is 4.91. The summed E-state index contributed by atoms with van der Waals surface area (Å²) >= 11 is 1.45. The molecule has 0 aliphatic rings. The molecule has 106 valence electrons. The van der Waals surface area contributed by atoms with Gasteiger partial charge in [0.25, 0.3) is 5.91 Å². The number of carbonyl (C=O) groups is 1. The third-order valence-electron chi connectivity index (χ3n) is 3.55. The Morgan fingerprint density at radius 1 is 1.05 bits per heavy atom. The lowest BCUT2D eigenvalue weighted by Gasteiger charge is -2.07. The van der Waals surface area contributed by atoms with Gasteiger partial charge in [-0.2, -0.15) is 0 Å². The number of thiophene rings is 1. The van der Waals surface area contributed by atoms with E-state index in [1.54, 1.807) is 0 Å². The lowest BCUT2D eigenvalue weighted by Crippen LogP contribution is -2.12. The van der Waals surface area contributed by atoms with Crippen molar-refractivity contribution in [3.63, 3.8) is 0 Å². The van der Waals surface area contributed by atoms with Gasteiger partial charge >= 0.3 is 0 Å². The number of anilines is 2. The minimum atomic E-state index is -0.151. The van der Waals surface area contributed by atoms with Gasteiger partial charge in [0.2, 0.25) is 0 Å². The first-order chi connectivity index (χ1) is 10.1. The summed E-state index contributed by atoms with van der Waals surface area (Å²) in [6, 6.07) is 13.7. The number of nitrogens with two attached hydrogens (primary N) is 1. The highest BCUT2D eigenvalue weighted by Gasteiger charge is 2.17. The first kappa shape index (κ1) is 13.6. The topological polar surface area (TPSA) is 55.1 Å². The number of hydrogen-bond donors (Lipinski definition) is 2. The second-order valence-corrected chi connectivity index (χ2v) is 6.09. The molecule has 0 spiro atoms. The van der Waals surface area contributed by atoms with Crippen molar-refractivity contribution in [3.05, 3.63) is 58.5 Å². The SMILES string of the molecule is Cc1ccccc1NC(=O)c1sc2c(C)cccc2c1N. The standard InChI is InChI=1S/C17H16N2OS/c1-10-6-3-4-9-13(10)19-17(20)16-14(18)12-8-5-7-11(2)15(12)21-16/h3-9H,18H2,1-2H3,(H,19,20). The van der Waals surface area contributed by atoms with Gasteiger partial charge in [0.1, 0.15) is 4.88 Å². The normalized spacial score (nSPS) is 10.8. The van der Waals surface area contributed by atoms with Crippen LogP contribution in [-0.2, 0) is 0 Å². The molecular formula is C17H16N2OS. The highest BCUT2D eigenvalue weighted by atomic mass is 32.1. The molecule has 1 aromatic heterocycles. The predicted octanol–water partition coefficient (Wildman–Crippen LogP) is 4.35. The monoisotopic (exact) mass is 296 g/mol. The Balaban J connectivity index is 2.01. The molecule has 0 fully saturated rings. The van der Waals surface area contributed by atoms with Crippen molar-refractivity contribution >= 4 is 38.7 Å². The molecule has 0 atom stereocenters. The third kappa shape index (κ3) is 2.38. The van der Waals surface area contributed by atoms with Crippen LogP contribution in [0, 0.1) is 13.8 Å². The molecule has 2 aromatic carbocycles.